The van der Waals surface area contributed by atoms with Crippen molar-refractivity contribution >= 4 is 0 Å². The summed E-state index contributed by atoms with van der Waals surface area (Å²) in [5.41, 5.74) is 2.42. The molecule has 1 saturated heterocycles. The molecule has 1 aliphatic rings. The molecule has 2 aromatic carbocycles. The third kappa shape index (κ3) is 3.54. The lowest BCUT2D eigenvalue weighted by Crippen LogP contribution is -2.37. The van der Waals surface area contributed by atoms with E-state index in [1.165, 1.54) is 17.7 Å². The minimum absolute atomic E-state index is 0.201. The second-order valence-corrected chi connectivity index (χ2v) is 6.10. The third-order valence-electron chi connectivity index (χ3n) is 4.56. The zero-order valence-corrected chi connectivity index (χ0v) is 12.7. The molecular formula is C19H22FNO. The monoisotopic (exact) mass is 299 g/mol. The smallest absolute Gasteiger partial charge is 0.123 e. The molecule has 2 unspecified atom stereocenters. The van der Waals surface area contributed by atoms with Gasteiger partial charge in [-0.1, -0.05) is 42.5 Å². The van der Waals surface area contributed by atoms with E-state index in [1.807, 2.05) is 18.2 Å². The maximum absolute atomic E-state index is 13.2. The van der Waals surface area contributed by atoms with Gasteiger partial charge in [-0.2, -0.15) is 0 Å². The molecule has 3 rings (SSSR count). The Labute approximate surface area is 131 Å². The predicted octanol–water partition coefficient (Wildman–Crippen LogP) is 3.77. The number of hydrogen-bond donors (Lipinski definition) is 1. The van der Waals surface area contributed by atoms with E-state index in [0.717, 1.165) is 31.5 Å². The molecule has 2 aromatic rings. The summed E-state index contributed by atoms with van der Waals surface area (Å²) in [7, 11) is 0. The summed E-state index contributed by atoms with van der Waals surface area (Å²) in [5, 5.41) is 9.50. The van der Waals surface area contributed by atoms with Crippen molar-refractivity contribution in [1.29, 1.82) is 0 Å². The Bertz CT molecular complexity index is 584. The molecule has 116 valence electrons. The highest BCUT2D eigenvalue weighted by Crippen LogP contribution is 2.35. The maximum Gasteiger partial charge on any atom is 0.123 e. The molecular weight excluding hydrogens is 277 g/mol. The summed E-state index contributed by atoms with van der Waals surface area (Å²) in [6.07, 6.45) is 1.94. The molecule has 1 N–H and O–H groups in total. The Morgan fingerprint density at radius 1 is 1.05 bits per heavy atom. The number of aliphatic hydroxyl groups excluding tert-OH is 1. The van der Waals surface area contributed by atoms with Crippen LogP contribution in [0.4, 0.5) is 4.39 Å². The van der Waals surface area contributed by atoms with E-state index in [-0.39, 0.29) is 18.5 Å². The SMILES string of the molecule is OCC1CCN(Cc2ccccc2)C(c2ccc(F)cc2)C1. The first-order chi connectivity index (χ1) is 10.8. The van der Waals surface area contributed by atoms with Gasteiger partial charge < -0.3 is 5.11 Å². The Morgan fingerprint density at radius 3 is 2.45 bits per heavy atom. The van der Waals surface area contributed by atoms with E-state index in [1.54, 1.807) is 0 Å². The van der Waals surface area contributed by atoms with Crippen LogP contribution in [0.25, 0.3) is 0 Å². The summed E-state index contributed by atoms with van der Waals surface area (Å²) in [5.74, 6) is 0.134. The molecule has 0 amide bonds. The van der Waals surface area contributed by atoms with Gasteiger partial charge in [0.05, 0.1) is 0 Å². The van der Waals surface area contributed by atoms with Gasteiger partial charge in [0, 0.05) is 19.2 Å². The van der Waals surface area contributed by atoms with E-state index < -0.39 is 0 Å². The second-order valence-electron chi connectivity index (χ2n) is 6.10. The fourth-order valence-electron chi connectivity index (χ4n) is 3.29. The van der Waals surface area contributed by atoms with Crippen molar-refractivity contribution < 1.29 is 9.50 Å². The molecule has 2 nitrogen and oxygen atoms in total. The average molecular weight is 299 g/mol. The van der Waals surface area contributed by atoms with E-state index in [4.69, 9.17) is 0 Å². The van der Waals surface area contributed by atoms with Crippen molar-refractivity contribution in [2.45, 2.75) is 25.4 Å². The number of nitrogens with zero attached hydrogens (tertiary/aromatic N) is 1. The van der Waals surface area contributed by atoms with Gasteiger partial charge in [-0.3, -0.25) is 4.90 Å². The standard InChI is InChI=1S/C19H22FNO/c20-18-8-6-17(7-9-18)19-12-16(14-22)10-11-21(19)13-15-4-2-1-3-5-15/h1-9,16,19,22H,10-14H2. The van der Waals surface area contributed by atoms with Crippen LogP contribution in [0, 0.1) is 11.7 Å². The van der Waals surface area contributed by atoms with Crippen LogP contribution in [-0.4, -0.2) is 23.2 Å². The first kappa shape index (κ1) is 15.2. The first-order valence-corrected chi connectivity index (χ1v) is 7.90. The predicted molar refractivity (Wildman–Crippen MR) is 85.8 cm³/mol. The van der Waals surface area contributed by atoms with E-state index in [9.17, 15) is 9.50 Å². The van der Waals surface area contributed by atoms with Crippen LogP contribution in [-0.2, 0) is 6.54 Å². The van der Waals surface area contributed by atoms with Crippen LogP contribution in [0.5, 0.6) is 0 Å². The van der Waals surface area contributed by atoms with Crippen molar-refractivity contribution in [3.63, 3.8) is 0 Å². The Hall–Kier alpha value is -1.71. The summed E-state index contributed by atoms with van der Waals surface area (Å²) in [6.45, 7) is 2.08. The van der Waals surface area contributed by atoms with Gasteiger partial charge in [-0.15, -0.1) is 0 Å². The highest BCUT2D eigenvalue weighted by Gasteiger charge is 2.29. The quantitative estimate of drug-likeness (QED) is 0.929. The van der Waals surface area contributed by atoms with Crippen LogP contribution >= 0.6 is 0 Å². The van der Waals surface area contributed by atoms with E-state index in [2.05, 4.69) is 29.2 Å². The van der Waals surface area contributed by atoms with Gasteiger partial charge >= 0.3 is 0 Å². The Balaban J connectivity index is 1.81. The molecule has 1 aliphatic heterocycles. The number of aliphatic hydroxyl groups is 1. The molecule has 0 bridgehead atoms. The lowest BCUT2D eigenvalue weighted by atomic mass is 9.87. The van der Waals surface area contributed by atoms with Gasteiger partial charge in [-0.05, 0) is 48.6 Å². The molecule has 22 heavy (non-hydrogen) atoms. The number of halogens is 1. The fraction of sp³-hybridized carbons (Fsp3) is 0.368. The zero-order chi connectivity index (χ0) is 15.4. The average Bonchev–Trinajstić information content (AvgIpc) is 2.57. The Morgan fingerprint density at radius 2 is 1.77 bits per heavy atom. The number of rotatable bonds is 4. The zero-order valence-electron chi connectivity index (χ0n) is 12.7. The van der Waals surface area contributed by atoms with Crippen molar-refractivity contribution in [2.24, 2.45) is 5.92 Å². The second kappa shape index (κ2) is 7.03. The molecule has 0 spiro atoms. The van der Waals surface area contributed by atoms with Gasteiger partial charge in [0.25, 0.3) is 0 Å². The normalized spacial score (nSPS) is 22.6. The molecule has 0 saturated carbocycles. The van der Waals surface area contributed by atoms with Gasteiger partial charge in [0.2, 0.25) is 0 Å². The number of benzene rings is 2. The molecule has 2 atom stereocenters. The van der Waals surface area contributed by atoms with Crippen molar-refractivity contribution in [2.75, 3.05) is 13.2 Å². The molecule has 3 heteroatoms. The molecule has 1 heterocycles. The third-order valence-corrected chi connectivity index (χ3v) is 4.56. The van der Waals surface area contributed by atoms with Gasteiger partial charge in [0.1, 0.15) is 5.82 Å². The highest BCUT2D eigenvalue weighted by molar-refractivity contribution is 5.22. The van der Waals surface area contributed by atoms with Crippen molar-refractivity contribution in [1.82, 2.24) is 4.90 Å². The van der Waals surface area contributed by atoms with Gasteiger partial charge in [0.15, 0.2) is 0 Å². The first-order valence-electron chi connectivity index (χ1n) is 7.90. The summed E-state index contributed by atoms with van der Waals surface area (Å²) < 4.78 is 13.2. The van der Waals surface area contributed by atoms with Crippen LogP contribution in [0.1, 0.15) is 30.0 Å². The fourth-order valence-corrected chi connectivity index (χ4v) is 3.29. The van der Waals surface area contributed by atoms with Crippen LogP contribution in [0.2, 0.25) is 0 Å². The lowest BCUT2D eigenvalue weighted by molar-refractivity contribution is 0.0747. The summed E-state index contributed by atoms with van der Waals surface area (Å²) in [4.78, 5) is 2.44. The van der Waals surface area contributed by atoms with Crippen molar-refractivity contribution in [3.8, 4) is 0 Å². The topological polar surface area (TPSA) is 23.5 Å². The minimum atomic E-state index is -0.201. The Kier molecular flexibility index (Phi) is 4.86. The van der Waals surface area contributed by atoms with E-state index in [0.29, 0.717) is 5.92 Å². The number of piperidine rings is 1. The van der Waals surface area contributed by atoms with Crippen LogP contribution in [0.15, 0.2) is 54.6 Å². The van der Waals surface area contributed by atoms with Crippen LogP contribution < -0.4 is 0 Å². The van der Waals surface area contributed by atoms with E-state index >= 15 is 0 Å². The summed E-state index contributed by atoms with van der Waals surface area (Å²) >= 11 is 0. The van der Waals surface area contributed by atoms with Gasteiger partial charge in [-0.25, -0.2) is 4.39 Å². The minimum Gasteiger partial charge on any atom is -0.396 e. The molecule has 0 radical (unpaired) electrons. The van der Waals surface area contributed by atoms with Crippen LogP contribution in [0.3, 0.4) is 0 Å². The highest BCUT2D eigenvalue weighted by atomic mass is 19.1. The van der Waals surface area contributed by atoms with Crippen molar-refractivity contribution in [3.05, 3.63) is 71.5 Å². The largest absolute Gasteiger partial charge is 0.396 e. The molecule has 0 aromatic heterocycles. The molecule has 0 aliphatic carbocycles. The lowest BCUT2D eigenvalue weighted by Gasteiger charge is -2.39. The number of likely N-dealkylation sites (tertiary alicyclic amines) is 1. The summed E-state index contributed by atoms with van der Waals surface area (Å²) in [6, 6.07) is 17.5. The number of hydrogen-bond acceptors (Lipinski definition) is 2. The molecule has 1 fully saturated rings. The maximum atomic E-state index is 13.2.